The first kappa shape index (κ1) is 15.7. The molecule has 0 spiro atoms. The van der Waals surface area contributed by atoms with Crippen LogP contribution in [0, 0.1) is 0 Å². The molecule has 0 bridgehead atoms. The van der Waals surface area contributed by atoms with Crippen LogP contribution >= 0.6 is 0 Å². The van der Waals surface area contributed by atoms with Crippen molar-refractivity contribution >= 4 is 5.82 Å². The van der Waals surface area contributed by atoms with Crippen LogP contribution in [0.15, 0.2) is 12.1 Å². The fourth-order valence-electron chi connectivity index (χ4n) is 1.57. The smallest absolute Gasteiger partial charge is 0.344 e. The van der Waals surface area contributed by atoms with E-state index < -0.39 is 12.7 Å². The third-order valence-corrected chi connectivity index (χ3v) is 2.53. The van der Waals surface area contributed by atoms with Gasteiger partial charge in [-0.1, -0.05) is 6.92 Å². The Morgan fingerprint density at radius 1 is 1.26 bits per heavy atom. The Labute approximate surface area is 111 Å². The number of nitrogens with zero attached hydrogens (tertiary/aromatic N) is 3. The zero-order valence-electron chi connectivity index (χ0n) is 11.3. The summed E-state index contributed by atoms with van der Waals surface area (Å²) in [6.45, 7) is 5.69. The molecule has 4 nitrogen and oxygen atoms in total. The van der Waals surface area contributed by atoms with Crippen LogP contribution in [-0.4, -0.2) is 35.5 Å². The second kappa shape index (κ2) is 6.70. The summed E-state index contributed by atoms with van der Waals surface area (Å²) in [7, 11) is 0. The van der Waals surface area contributed by atoms with Gasteiger partial charge in [0.05, 0.1) is 5.69 Å². The van der Waals surface area contributed by atoms with Crippen molar-refractivity contribution in [3.8, 4) is 0 Å². The number of hydrogen-bond donors (Lipinski definition) is 1. The van der Waals surface area contributed by atoms with Gasteiger partial charge < -0.3 is 10.2 Å². The van der Waals surface area contributed by atoms with E-state index in [9.17, 15) is 13.2 Å². The Morgan fingerprint density at radius 2 is 1.95 bits per heavy atom. The molecule has 1 heterocycles. The number of rotatable bonds is 6. The van der Waals surface area contributed by atoms with Crippen molar-refractivity contribution < 1.29 is 13.2 Å². The highest BCUT2D eigenvalue weighted by atomic mass is 19.4. The van der Waals surface area contributed by atoms with Gasteiger partial charge in [-0.3, -0.25) is 0 Å². The van der Waals surface area contributed by atoms with E-state index in [0.29, 0.717) is 12.2 Å². The lowest BCUT2D eigenvalue weighted by molar-refractivity contribution is -0.120. The molecular formula is C12H19F3N4. The summed E-state index contributed by atoms with van der Waals surface area (Å²) < 4.78 is 37.5. The molecule has 0 fully saturated rings. The van der Waals surface area contributed by atoms with E-state index >= 15 is 0 Å². The minimum atomic E-state index is -4.26. The van der Waals surface area contributed by atoms with Crippen molar-refractivity contribution in [1.29, 1.82) is 0 Å². The van der Waals surface area contributed by atoms with E-state index in [4.69, 9.17) is 0 Å². The van der Waals surface area contributed by atoms with Gasteiger partial charge in [0.15, 0.2) is 5.82 Å². The first-order valence-electron chi connectivity index (χ1n) is 6.20. The summed E-state index contributed by atoms with van der Waals surface area (Å²) in [6.07, 6.45) is -4.26. The number of aromatic nitrogens is 2. The van der Waals surface area contributed by atoms with Crippen LogP contribution in [0.2, 0.25) is 0 Å². The lowest BCUT2D eigenvalue weighted by atomic mass is 10.3. The standard InChI is InChI=1S/C12H19F3N4/c1-4-16-7-10-5-6-11(18-17-10)19(9(2)3)8-12(13,14)15/h5-6,9,16H,4,7-8H2,1-3H3. The van der Waals surface area contributed by atoms with Gasteiger partial charge in [-0.05, 0) is 32.5 Å². The van der Waals surface area contributed by atoms with Gasteiger partial charge >= 0.3 is 6.18 Å². The van der Waals surface area contributed by atoms with Crippen LogP contribution in [0.25, 0.3) is 0 Å². The second-order valence-corrected chi connectivity index (χ2v) is 4.50. The average Bonchev–Trinajstić information content (AvgIpc) is 2.33. The van der Waals surface area contributed by atoms with Crippen LogP contribution in [0.3, 0.4) is 0 Å². The lowest BCUT2D eigenvalue weighted by Crippen LogP contribution is -2.39. The van der Waals surface area contributed by atoms with Crippen LogP contribution in [0.5, 0.6) is 0 Å². The molecule has 0 aromatic carbocycles. The number of alkyl halides is 3. The topological polar surface area (TPSA) is 41.0 Å². The predicted molar refractivity (Wildman–Crippen MR) is 67.9 cm³/mol. The fraction of sp³-hybridized carbons (Fsp3) is 0.667. The predicted octanol–water partition coefficient (Wildman–Crippen LogP) is 2.36. The highest BCUT2D eigenvalue weighted by Gasteiger charge is 2.32. The Balaban J connectivity index is 2.80. The molecule has 0 saturated heterocycles. The molecule has 7 heteroatoms. The molecule has 0 atom stereocenters. The van der Waals surface area contributed by atoms with Gasteiger partial charge in [0.25, 0.3) is 0 Å². The summed E-state index contributed by atoms with van der Waals surface area (Å²) in [5.41, 5.74) is 0.710. The van der Waals surface area contributed by atoms with E-state index in [1.165, 1.54) is 4.90 Å². The molecule has 0 radical (unpaired) electrons. The van der Waals surface area contributed by atoms with Gasteiger partial charge in [-0.15, -0.1) is 5.10 Å². The molecule has 19 heavy (non-hydrogen) atoms. The van der Waals surface area contributed by atoms with Crippen molar-refractivity contribution in [3.63, 3.8) is 0 Å². The lowest BCUT2D eigenvalue weighted by Gasteiger charge is -2.28. The van der Waals surface area contributed by atoms with Gasteiger partial charge in [-0.2, -0.15) is 18.3 Å². The molecule has 108 valence electrons. The van der Waals surface area contributed by atoms with Crippen LogP contribution in [-0.2, 0) is 6.54 Å². The third-order valence-electron chi connectivity index (χ3n) is 2.53. The Kier molecular flexibility index (Phi) is 5.53. The summed E-state index contributed by atoms with van der Waals surface area (Å²) in [5, 5.41) is 10.9. The normalized spacial score (nSPS) is 11.9. The quantitative estimate of drug-likeness (QED) is 0.866. The van der Waals surface area contributed by atoms with E-state index in [2.05, 4.69) is 15.5 Å². The minimum Gasteiger partial charge on any atom is -0.344 e. The van der Waals surface area contributed by atoms with Crippen LogP contribution in [0.4, 0.5) is 19.0 Å². The maximum atomic E-state index is 12.5. The molecule has 0 aliphatic rings. The maximum absolute atomic E-state index is 12.5. The molecule has 0 aliphatic heterocycles. The maximum Gasteiger partial charge on any atom is 0.405 e. The Hall–Kier alpha value is -1.37. The summed E-state index contributed by atoms with van der Waals surface area (Å²) >= 11 is 0. The van der Waals surface area contributed by atoms with Gasteiger partial charge in [0.1, 0.15) is 6.54 Å². The van der Waals surface area contributed by atoms with Gasteiger partial charge in [-0.25, -0.2) is 0 Å². The van der Waals surface area contributed by atoms with Crippen LogP contribution in [0.1, 0.15) is 26.5 Å². The van der Waals surface area contributed by atoms with Crippen molar-refractivity contribution in [3.05, 3.63) is 17.8 Å². The molecular weight excluding hydrogens is 257 g/mol. The molecule has 1 N–H and O–H groups in total. The molecule has 0 aliphatic carbocycles. The highest BCUT2D eigenvalue weighted by molar-refractivity contribution is 5.38. The summed E-state index contributed by atoms with van der Waals surface area (Å²) in [5.74, 6) is 0.243. The molecule has 1 rings (SSSR count). The molecule has 0 saturated carbocycles. The van der Waals surface area contributed by atoms with E-state index in [1.54, 1.807) is 26.0 Å². The van der Waals surface area contributed by atoms with Crippen molar-refractivity contribution in [2.45, 2.75) is 39.5 Å². The largest absolute Gasteiger partial charge is 0.405 e. The zero-order chi connectivity index (χ0) is 14.5. The summed E-state index contributed by atoms with van der Waals surface area (Å²) in [4.78, 5) is 1.18. The zero-order valence-corrected chi connectivity index (χ0v) is 11.3. The van der Waals surface area contributed by atoms with E-state index in [-0.39, 0.29) is 11.9 Å². The molecule has 0 amide bonds. The van der Waals surface area contributed by atoms with E-state index in [1.807, 2.05) is 6.92 Å². The average molecular weight is 276 g/mol. The Bertz CT molecular complexity index is 376. The first-order valence-corrected chi connectivity index (χ1v) is 6.20. The van der Waals surface area contributed by atoms with Crippen molar-refractivity contribution in [2.75, 3.05) is 18.0 Å². The first-order chi connectivity index (χ1) is 8.83. The highest BCUT2D eigenvalue weighted by Crippen LogP contribution is 2.22. The SMILES string of the molecule is CCNCc1ccc(N(CC(F)(F)F)C(C)C)nn1. The van der Waals surface area contributed by atoms with Gasteiger partial charge in [0.2, 0.25) is 0 Å². The van der Waals surface area contributed by atoms with Gasteiger partial charge in [0, 0.05) is 12.6 Å². The minimum absolute atomic E-state index is 0.243. The molecule has 1 aromatic rings. The third kappa shape index (κ3) is 5.42. The number of nitrogens with one attached hydrogen (secondary N) is 1. The number of hydrogen-bond acceptors (Lipinski definition) is 4. The monoisotopic (exact) mass is 276 g/mol. The van der Waals surface area contributed by atoms with Crippen LogP contribution < -0.4 is 10.2 Å². The van der Waals surface area contributed by atoms with Crippen molar-refractivity contribution in [2.24, 2.45) is 0 Å². The number of halogens is 3. The molecule has 0 unspecified atom stereocenters. The Morgan fingerprint density at radius 3 is 2.37 bits per heavy atom. The summed E-state index contributed by atoms with van der Waals surface area (Å²) in [6, 6.07) is 2.97. The fourth-order valence-corrected chi connectivity index (χ4v) is 1.57. The molecule has 1 aromatic heterocycles. The second-order valence-electron chi connectivity index (χ2n) is 4.50. The van der Waals surface area contributed by atoms with E-state index in [0.717, 1.165) is 6.54 Å². The number of anilines is 1. The van der Waals surface area contributed by atoms with Crippen molar-refractivity contribution in [1.82, 2.24) is 15.5 Å².